The number of anilines is 1. The van der Waals surface area contributed by atoms with Crippen LogP contribution in [0, 0.1) is 0 Å². The Kier molecular flexibility index (Phi) is 7.01. The van der Waals surface area contributed by atoms with E-state index in [4.69, 9.17) is 0 Å². The number of rotatable bonds is 8. The van der Waals surface area contributed by atoms with Gasteiger partial charge >= 0.3 is 17.9 Å². The van der Waals surface area contributed by atoms with Crippen molar-refractivity contribution in [3.05, 3.63) is 70.6 Å². The maximum Gasteiger partial charge on any atom is 0.346 e. The molecule has 3 N–H and O–H groups in total. The lowest BCUT2D eigenvalue weighted by atomic mass is 9.69. The lowest BCUT2D eigenvalue weighted by Gasteiger charge is -2.48. The van der Waals surface area contributed by atoms with E-state index in [1.807, 2.05) is 12.2 Å². The fourth-order valence-electron chi connectivity index (χ4n) is 6.14. The number of hydrogen-bond donors (Lipinski definition) is 3. The van der Waals surface area contributed by atoms with Gasteiger partial charge in [-0.2, -0.15) is 0 Å². The van der Waals surface area contributed by atoms with Gasteiger partial charge in [0.1, 0.15) is 0 Å². The molecule has 2 aliphatic heterocycles. The molecule has 3 aromatic rings. The summed E-state index contributed by atoms with van der Waals surface area (Å²) in [5.74, 6) is -3.04. The van der Waals surface area contributed by atoms with Crippen LogP contribution in [0.15, 0.2) is 42.5 Å². The molecule has 9 heteroatoms. The number of fused-ring (bicyclic) bond motifs is 1. The minimum absolute atomic E-state index is 0.0136. The first-order chi connectivity index (χ1) is 19.3. The number of hydrogen-bond acceptors (Lipinski definition) is 4. The maximum absolute atomic E-state index is 11.7. The van der Waals surface area contributed by atoms with Gasteiger partial charge in [-0.15, -0.1) is 0 Å². The van der Waals surface area contributed by atoms with Gasteiger partial charge in [-0.25, -0.2) is 23.5 Å². The van der Waals surface area contributed by atoms with Crippen LogP contribution in [0.2, 0.25) is 0 Å². The van der Waals surface area contributed by atoms with E-state index in [-0.39, 0.29) is 16.4 Å². The molecule has 3 heterocycles. The Morgan fingerprint density at radius 3 is 2.05 bits per heavy atom. The normalized spacial score (nSPS) is 17.3. The zero-order valence-electron chi connectivity index (χ0n) is 23.8. The average Bonchev–Trinajstić information content (AvgIpc) is 3.16. The second kappa shape index (κ2) is 10.2. The molecule has 214 valence electrons. The molecule has 5 rings (SSSR count). The highest BCUT2D eigenvalue weighted by atomic mass is 16.4. The highest BCUT2D eigenvalue weighted by Crippen LogP contribution is 2.49. The summed E-state index contributed by atoms with van der Waals surface area (Å²) in [4.78, 5) is 37.6. The van der Waals surface area contributed by atoms with Crippen molar-refractivity contribution in [2.24, 2.45) is 0 Å². The quantitative estimate of drug-likeness (QED) is 0.271. The summed E-state index contributed by atoms with van der Waals surface area (Å²) in [6.45, 7) is 10.5. The van der Waals surface area contributed by atoms with Gasteiger partial charge in [0, 0.05) is 30.9 Å². The van der Waals surface area contributed by atoms with E-state index >= 15 is 0 Å². The van der Waals surface area contributed by atoms with Gasteiger partial charge in [-0.05, 0) is 64.6 Å². The number of carboxylic acid groups (broad SMARTS) is 3. The number of aliphatic carboxylic acids is 2. The van der Waals surface area contributed by atoms with Gasteiger partial charge in [0.05, 0.1) is 5.56 Å². The van der Waals surface area contributed by atoms with Crippen molar-refractivity contribution in [2.45, 2.75) is 64.5 Å². The Bertz CT molecular complexity index is 1600. The SMILES string of the molecule is CC1(C)CCN2CCC(C)(C)c3cc(/C=C/C=C/c4n(CC(=O)O)c5cc(C(=O)O)ccc5[n+]4CC(=O)O)cc1c32. The van der Waals surface area contributed by atoms with Crippen LogP contribution in [0.4, 0.5) is 5.69 Å². The fraction of sp³-hybridized carbons (Fsp3) is 0.375. The fourth-order valence-corrected chi connectivity index (χ4v) is 6.14. The molecule has 0 radical (unpaired) electrons. The van der Waals surface area contributed by atoms with Crippen molar-refractivity contribution >= 4 is 46.8 Å². The Labute approximate surface area is 238 Å². The van der Waals surface area contributed by atoms with E-state index in [1.54, 1.807) is 12.2 Å². The van der Waals surface area contributed by atoms with Crippen LogP contribution in [0.25, 0.3) is 23.2 Å². The van der Waals surface area contributed by atoms with Crippen molar-refractivity contribution in [2.75, 3.05) is 18.0 Å². The topological polar surface area (TPSA) is 124 Å². The van der Waals surface area contributed by atoms with E-state index in [0.717, 1.165) is 31.5 Å². The molecule has 0 fully saturated rings. The van der Waals surface area contributed by atoms with E-state index in [9.17, 15) is 29.7 Å². The number of aromatic nitrogens is 2. The number of imidazole rings is 1. The number of benzene rings is 2. The molecular formula is C32H36N3O6+. The molecule has 0 atom stereocenters. The van der Waals surface area contributed by atoms with Gasteiger partial charge in [-0.1, -0.05) is 45.9 Å². The Balaban J connectivity index is 1.58. The number of allylic oxidation sites excluding steroid dienone is 2. The second-order valence-electron chi connectivity index (χ2n) is 12.3. The minimum atomic E-state index is -1.15. The largest absolute Gasteiger partial charge is 0.478 e. The highest BCUT2D eigenvalue weighted by molar-refractivity contribution is 5.92. The summed E-state index contributed by atoms with van der Waals surface area (Å²) in [7, 11) is 0. The number of nitrogens with zero attached hydrogens (tertiary/aromatic N) is 3. The van der Waals surface area contributed by atoms with Crippen molar-refractivity contribution in [1.29, 1.82) is 0 Å². The first-order valence-corrected chi connectivity index (χ1v) is 13.8. The predicted molar refractivity (Wildman–Crippen MR) is 156 cm³/mol. The standard InChI is InChI=1S/C32H35N3O6/c1-31(2)11-13-33-14-12-32(3,4)23-16-20(15-22(31)29(23)33)7-5-6-8-26-34(18-27(36)37)24-10-9-21(30(40)41)17-25(24)35(26)19-28(38)39/h5-10,15-17H,11-14,18-19H2,1-4H3,(H2-,36,37,38,39,40,41)/p+1. The average molecular weight is 559 g/mol. The van der Waals surface area contributed by atoms with Crippen molar-refractivity contribution in [1.82, 2.24) is 4.57 Å². The monoisotopic (exact) mass is 558 g/mol. The lowest BCUT2D eigenvalue weighted by Crippen LogP contribution is -2.44. The zero-order chi connectivity index (χ0) is 29.7. The van der Waals surface area contributed by atoms with Crippen LogP contribution in [0.3, 0.4) is 0 Å². The summed E-state index contributed by atoms with van der Waals surface area (Å²) < 4.78 is 2.92. The highest BCUT2D eigenvalue weighted by Gasteiger charge is 2.39. The van der Waals surface area contributed by atoms with Crippen LogP contribution in [-0.4, -0.2) is 50.9 Å². The molecule has 0 amide bonds. The number of carbonyl (C=O) groups is 3. The van der Waals surface area contributed by atoms with Crippen LogP contribution in [-0.2, 0) is 33.5 Å². The van der Waals surface area contributed by atoms with Gasteiger partial charge in [-0.3, -0.25) is 0 Å². The third-order valence-corrected chi connectivity index (χ3v) is 8.51. The van der Waals surface area contributed by atoms with Gasteiger partial charge in [0.2, 0.25) is 0 Å². The maximum atomic E-state index is 11.7. The molecule has 0 aliphatic carbocycles. The zero-order valence-corrected chi connectivity index (χ0v) is 23.8. The van der Waals surface area contributed by atoms with E-state index in [2.05, 4.69) is 44.7 Å². The molecule has 41 heavy (non-hydrogen) atoms. The molecule has 1 aromatic heterocycles. The lowest BCUT2D eigenvalue weighted by molar-refractivity contribution is -0.662. The summed E-state index contributed by atoms with van der Waals surface area (Å²) >= 11 is 0. The summed E-state index contributed by atoms with van der Waals surface area (Å²) in [5, 5.41) is 28.6. The smallest absolute Gasteiger partial charge is 0.346 e. The molecular weight excluding hydrogens is 522 g/mol. The third-order valence-electron chi connectivity index (χ3n) is 8.51. The summed E-state index contributed by atoms with van der Waals surface area (Å²) in [6, 6.07) is 8.79. The molecule has 0 unspecified atom stereocenters. The summed E-state index contributed by atoms with van der Waals surface area (Å²) in [5.41, 5.74) is 6.03. The number of carboxylic acids is 3. The van der Waals surface area contributed by atoms with Crippen molar-refractivity contribution in [3.63, 3.8) is 0 Å². The second-order valence-corrected chi connectivity index (χ2v) is 12.3. The van der Waals surface area contributed by atoms with Crippen molar-refractivity contribution < 1.29 is 34.3 Å². The molecule has 9 nitrogen and oxygen atoms in total. The molecule has 2 aliphatic rings. The predicted octanol–water partition coefficient (Wildman–Crippen LogP) is 4.69. The Morgan fingerprint density at radius 2 is 1.49 bits per heavy atom. The third kappa shape index (κ3) is 5.24. The number of aromatic carboxylic acids is 1. The van der Waals surface area contributed by atoms with Crippen LogP contribution in [0.5, 0.6) is 0 Å². The van der Waals surface area contributed by atoms with Crippen LogP contribution >= 0.6 is 0 Å². The Morgan fingerprint density at radius 1 is 0.878 bits per heavy atom. The van der Waals surface area contributed by atoms with E-state index < -0.39 is 31.0 Å². The van der Waals surface area contributed by atoms with E-state index in [0.29, 0.717) is 16.9 Å². The van der Waals surface area contributed by atoms with E-state index in [1.165, 1.54) is 44.1 Å². The molecule has 2 aromatic carbocycles. The first kappa shape index (κ1) is 28.1. The van der Waals surface area contributed by atoms with Gasteiger partial charge < -0.3 is 20.2 Å². The molecule has 0 saturated heterocycles. The van der Waals surface area contributed by atoms with Gasteiger partial charge in [0.15, 0.2) is 24.1 Å². The van der Waals surface area contributed by atoms with Gasteiger partial charge in [0.25, 0.3) is 5.82 Å². The van der Waals surface area contributed by atoms with Crippen molar-refractivity contribution in [3.8, 4) is 0 Å². The summed E-state index contributed by atoms with van der Waals surface area (Å²) in [6.07, 6.45) is 9.50. The Hall–Kier alpha value is -4.40. The molecule has 0 saturated carbocycles. The molecule has 0 spiro atoms. The minimum Gasteiger partial charge on any atom is -0.478 e. The van der Waals surface area contributed by atoms with Crippen LogP contribution < -0.4 is 9.47 Å². The molecule has 0 bridgehead atoms. The van der Waals surface area contributed by atoms with Crippen LogP contribution in [0.1, 0.15) is 73.4 Å². The first-order valence-electron chi connectivity index (χ1n) is 13.8.